The molecule has 0 saturated carbocycles. The summed E-state index contributed by atoms with van der Waals surface area (Å²) in [6.07, 6.45) is 0.221. The predicted octanol–water partition coefficient (Wildman–Crippen LogP) is 3.14. The van der Waals surface area contributed by atoms with Crippen LogP contribution in [0.15, 0.2) is 22.7 Å². The van der Waals surface area contributed by atoms with E-state index in [9.17, 15) is 0 Å². The van der Waals surface area contributed by atoms with Crippen LogP contribution in [-0.2, 0) is 4.74 Å². The number of hydrogen-bond acceptors (Lipinski definition) is 3. The summed E-state index contributed by atoms with van der Waals surface area (Å²) in [6.45, 7) is 5.02. The number of methoxy groups -OCH3 is 2. The van der Waals surface area contributed by atoms with E-state index in [4.69, 9.17) is 9.47 Å². The summed E-state index contributed by atoms with van der Waals surface area (Å²) < 4.78 is 11.4. The number of ether oxygens (including phenoxy) is 2. The van der Waals surface area contributed by atoms with E-state index < -0.39 is 0 Å². The minimum absolute atomic E-state index is 0.221. The maximum atomic E-state index is 5.21. The lowest BCUT2D eigenvalue weighted by Gasteiger charge is -2.18. The molecule has 0 fully saturated rings. The Labute approximate surface area is 112 Å². The molecule has 0 radical (unpaired) electrons. The summed E-state index contributed by atoms with van der Waals surface area (Å²) in [4.78, 5) is 0. The van der Waals surface area contributed by atoms with Crippen molar-refractivity contribution in [2.75, 3.05) is 20.8 Å². The molecule has 1 aromatic carbocycles. The molecule has 2 atom stereocenters. The molecule has 0 aliphatic heterocycles. The molecule has 4 heteroatoms. The first-order valence-electron chi connectivity index (χ1n) is 5.68. The second-order valence-electron chi connectivity index (χ2n) is 4.07. The summed E-state index contributed by atoms with van der Waals surface area (Å²) in [5.41, 5.74) is 1.22. The van der Waals surface area contributed by atoms with Gasteiger partial charge >= 0.3 is 0 Å². The molecule has 1 aromatic rings. The predicted molar refractivity (Wildman–Crippen MR) is 73.6 cm³/mol. The molecule has 0 bridgehead atoms. The zero-order valence-electron chi connectivity index (χ0n) is 10.8. The van der Waals surface area contributed by atoms with Gasteiger partial charge in [0.2, 0.25) is 0 Å². The first-order chi connectivity index (χ1) is 8.08. The summed E-state index contributed by atoms with van der Waals surface area (Å²) in [5.74, 6) is 0.853. The summed E-state index contributed by atoms with van der Waals surface area (Å²) in [6, 6.07) is 6.40. The molecule has 17 heavy (non-hydrogen) atoms. The Kier molecular flexibility index (Phi) is 5.95. The first-order valence-corrected chi connectivity index (χ1v) is 6.47. The molecule has 0 heterocycles. The van der Waals surface area contributed by atoms with Crippen molar-refractivity contribution in [3.8, 4) is 5.75 Å². The summed E-state index contributed by atoms with van der Waals surface area (Å²) >= 11 is 3.49. The lowest BCUT2D eigenvalue weighted by atomic mass is 10.1. The Bertz CT molecular complexity index is 357. The van der Waals surface area contributed by atoms with Crippen molar-refractivity contribution in [1.29, 1.82) is 0 Å². The van der Waals surface area contributed by atoms with Gasteiger partial charge in [-0.2, -0.15) is 0 Å². The SMILES string of the molecule is COc1ccc(C(C)NCC(C)OC)cc1Br. The van der Waals surface area contributed by atoms with Crippen LogP contribution in [0.2, 0.25) is 0 Å². The molecule has 0 aromatic heterocycles. The number of halogens is 1. The van der Waals surface area contributed by atoms with E-state index in [1.165, 1.54) is 5.56 Å². The van der Waals surface area contributed by atoms with Crippen molar-refractivity contribution >= 4 is 15.9 Å². The van der Waals surface area contributed by atoms with Gasteiger partial charge in [-0.15, -0.1) is 0 Å². The van der Waals surface area contributed by atoms with Gasteiger partial charge in [0, 0.05) is 19.7 Å². The van der Waals surface area contributed by atoms with Gasteiger partial charge < -0.3 is 14.8 Å². The fourth-order valence-corrected chi connectivity index (χ4v) is 2.05. The summed E-state index contributed by atoms with van der Waals surface area (Å²) in [5, 5.41) is 3.43. The van der Waals surface area contributed by atoms with Crippen molar-refractivity contribution in [3.05, 3.63) is 28.2 Å². The fourth-order valence-electron chi connectivity index (χ4n) is 1.50. The minimum Gasteiger partial charge on any atom is -0.496 e. The van der Waals surface area contributed by atoms with Gasteiger partial charge in [-0.3, -0.25) is 0 Å². The maximum Gasteiger partial charge on any atom is 0.133 e. The van der Waals surface area contributed by atoms with Crippen molar-refractivity contribution in [1.82, 2.24) is 5.32 Å². The van der Waals surface area contributed by atoms with E-state index in [-0.39, 0.29) is 12.1 Å². The molecular formula is C13H20BrNO2. The molecule has 0 aliphatic rings. The first kappa shape index (κ1) is 14.5. The molecule has 0 aliphatic carbocycles. The molecule has 96 valence electrons. The quantitative estimate of drug-likeness (QED) is 0.875. The topological polar surface area (TPSA) is 30.5 Å². The Morgan fingerprint density at radius 1 is 1.29 bits per heavy atom. The molecule has 3 nitrogen and oxygen atoms in total. The van der Waals surface area contributed by atoms with Crippen LogP contribution in [0.5, 0.6) is 5.75 Å². The highest BCUT2D eigenvalue weighted by molar-refractivity contribution is 9.10. The van der Waals surface area contributed by atoms with Crippen LogP contribution < -0.4 is 10.1 Å². The Morgan fingerprint density at radius 3 is 2.53 bits per heavy atom. The van der Waals surface area contributed by atoms with Gasteiger partial charge in [-0.05, 0) is 47.5 Å². The van der Waals surface area contributed by atoms with Crippen LogP contribution in [0.25, 0.3) is 0 Å². The smallest absolute Gasteiger partial charge is 0.133 e. The number of hydrogen-bond donors (Lipinski definition) is 1. The standard InChI is InChI=1S/C13H20BrNO2/c1-9(16-3)8-15-10(2)11-5-6-13(17-4)12(14)7-11/h5-7,9-10,15H,8H2,1-4H3. The number of nitrogens with one attached hydrogen (secondary N) is 1. The zero-order chi connectivity index (χ0) is 12.8. The van der Waals surface area contributed by atoms with Gasteiger partial charge in [-0.25, -0.2) is 0 Å². The second kappa shape index (κ2) is 6.99. The lowest BCUT2D eigenvalue weighted by Crippen LogP contribution is -2.28. The largest absolute Gasteiger partial charge is 0.496 e. The van der Waals surface area contributed by atoms with Crippen molar-refractivity contribution in [3.63, 3.8) is 0 Å². The highest BCUT2D eigenvalue weighted by atomic mass is 79.9. The normalized spacial score (nSPS) is 14.4. The van der Waals surface area contributed by atoms with Crippen LogP contribution in [-0.4, -0.2) is 26.9 Å². The average molecular weight is 302 g/mol. The lowest BCUT2D eigenvalue weighted by molar-refractivity contribution is 0.115. The van der Waals surface area contributed by atoms with Crippen molar-refractivity contribution in [2.24, 2.45) is 0 Å². The molecule has 1 N–H and O–H groups in total. The molecule has 2 unspecified atom stereocenters. The highest BCUT2D eigenvalue weighted by Crippen LogP contribution is 2.27. The van der Waals surface area contributed by atoms with Crippen LogP contribution in [0.3, 0.4) is 0 Å². The summed E-state index contributed by atoms with van der Waals surface area (Å²) in [7, 11) is 3.39. The highest BCUT2D eigenvalue weighted by Gasteiger charge is 2.09. The van der Waals surface area contributed by atoms with E-state index in [0.29, 0.717) is 0 Å². The second-order valence-corrected chi connectivity index (χ2v) is 4.92. The van der Waals surface area contributed by atoms with E-state index in [0.717, 1.165) is 16.8 Å². The molecule has 0 saturated heterocycles. The van der Waals surface area contributed by atoms with E-state index in [2.05, 4.69) is 40.3 Å². The zero-order valence-corrected chi connectivity index (χ0v) is 12.4. The van der Waals surface area contributed by atoms with Gasteiger partial charge in [-0.1, -0.05) is 6.07 Å². The average Bonchev–Trinajstić information content (AvgIpc) is 2.35. The van der Waals surface area contributed by atoms with E-state index in [1.54, 1.807) is 14.2 Å². The van der Waals surface area contributed by atoms with Gasteiger partial charge in [0.05, 0.1) is 17.7 Å². The Balaban J connectivity index is 2.63. The molecule has 0 spiro atoms. The van der Waals surface area contributed by atoms with Crippen molar-refractivity contribution in [2.45, 2.75) is 26.0 Å². The van der Waals surface area contributed by atoms with E-state index >= 15 is 0 Å². The Morgan fingerprint density at radius 2 is 2.00 bits per heavy atom. The fraction of sp³-hybridized carbons (Fsp3) is 0.538. The van der Waals surface area contributed by atoms with E-state index in [1.807, 2.05) is 13.0 Å². The Hall–Kier alpha value is -0.580. The monoisotopic (exact) mass is 301 g/mol. The number of benzene rings is 1. The van der Waals surface area contributed by atoms with Crippen LogP contribution >= 0.6 is 15.9 Å². The molecular weight excluding hydrogens is 282 g/mol. The third kappa shape index (κ3) is 4.30. The van der Waals surface area contributed by atoms with Crippen LogP contribution in [0.1, 0.15) is 25.5 Å². The maximum absolute atomic E-state index is 5.21. The molecule has 0 amide bonds. The number of rotatable bonds is 6. The van der Waals surface area contributed by atoms with Crippen LogP contribution in [0.4, 0.5) is 0 Å². The van der Waals surface area contributed by atoms with Crippen molar-refractivity contribution < 1.29 is 9.47 Å². The van der Waals surface area contributed by atoms with Crippen LogP contribution in [0, 0.1) is 0 Å². The third-order valence-electron chi connectivity index (χ3n) is 2.79. The third-order valence-corrected chi connectivity index (χ3v) is 3.41. The molecule has 1 rings (SSSR count). The van der Waals surface area contributed by atoms with Gasteiger partial charge in [0.1, 0.15) is 5.75 Å². The van der Waals surface area contributed by atoms with Gasteiger partial charge in [0.25, 0.3) is 0 Å². The minimum atomic E-state index is 0.221. The van der Waals surface area contributed by atoms with Gasteiger partial charge in [0.15, 0.2) is 0 Å².